The Balaban J connectivity index is 2.75. The van der Waals surface area contributed by atoms with E-state index in [4.69, 9.17) is 10.4 Å². The molecule has 3 N–H and O–H groups in total. The van der Waals surface area contributed by atoms with Crippen LogP contribution in [0, 0.1) is 11.3 Å². The van der Waals surface area contributed by atoms with E-state index in [1.165, 1.54) is 0 Å². The lowest BCUT2D eigenvalue weighted by Crippen LogP contribution is -2.55. The van der Waals surface area contributed by atoms with E-state index in [1.807, 2.05) is 18.0 Å². The van der Waals surface area contributed by atoms with Gasteiger partial charge in [0.2, 0.25) is 0 Å². The molecule has 0 aromatic heterocycles. The number of nitrogens with two attached hydrogens (primary N) is 1. The Morgan fingerprint density at radius 2 is 2.00 bits per heavy atom. The summed E-state index contributed by atoms with van der Waals surface area (Å²) in [6, 6.07) is 2.00. The van der Waals surface area contributed by atoms with Crippen molar-refractivity contribution < 1.29 is 8.42 Å². The molecule has 14 heavy (non-hydrogen) atoms. The monoisotopic (exact) mass is 218 g/mol. The Bertz CT molecular complexity index is 337. The van der Waals surface area contributed by atoms with Gasteiger partial charge in [0.05, 0.1) is 6.07 Å². The van der Waals surface area contributed by atoms with E-state index in [9.17, 15) is 8.42 Å². The topological polar surface area (TPSA) is 99.2 Å². The summed E-state index contributed by atoms with van der Waals surface area (Å²) in [5.74, 6) is 0. The molecule has 1 rings (SSSR count). The molecule has 0 amide bonds. The van der Waals surface area contributed by atoms with Gasteiger partial charge >= 0.3 is 0 Å². The minimum Gasteiger partial charge on any atom is -0.306 e. The van der Waals surface area contributed by atoms with Crippen LogP contribution in [-0.2, 0) is 10.2 Å². The van der Waals surface area contributed by atoms with E-state index in [-0.39, 0.29) is 0 Å². The Hall–Kier alpha value is -0.680. The summed E-state index contributed by atoms with van der Waals surface area (Å²) < 4.78 is 23.9. The second-order valence-electron chi connectivity index (χ2n) is 3.64. The van der Waals surface area contributed by atoms with E-state index in [0.29, 0.717) is 25.9 Å². The lowest BCUT2D eigenvalue weighted by Gasteiger charge is -2.34. The van der Waals surface area contributed by atoms with Gasteiger partial charge in [0, 0.05) is 13.1 Å². The van der Waals surface area contributed by atoms with Gasteiger partial charge in [-0.05, 0) is 19.9 Å². The highest BCUT2D eigenvalue weighted by molar-refractivity contribution is 7.87. The molecule has 1 heterocycles. The first-order valence-corrected chi connectivity index (χ1v) is 5.83. The lowest BCUT2D eigenvalue weighted by atomic mass is 9.91. The van der Waals surface area contributed by atoms with Crippen molar-refractivity contribution in [3.05, 3.63) is 0 Å². The van der Waals surface area contributed by atoms with Crippen molar-refractivity contribution in [1.82, 2.24) is 9.62 Å². The van der Waals surface area contributed by atoms with Crippen LogP contribution in [0.5, 0.6) is 0 Å². The first-order chi connectivity index (χ1) is 6.37. The van der Waals surface area contributed by atoms with Crippen LogP contribution < -0.4 is 9.86 Å². The normalized spacial score (nSPS) is 22.9. The summed E-state index contributed by atoms with van der Waals surface area (Å²) in [6.07, 6.45) is 0.937. The summed E-state index contributed by atoms with van der Waals surface area (Å²) in [7, 11) is -1.87. The predicted molar refractivity (Wildman–Crippen MR) is 51.3 cm³/mol. The number of rotatable bonds is 2. The number of nitrogens with zero attached hydrogens (tertiary/aromatic N) is 2. The highest BCUT2D eigenvalue weighted by Gasteiger charge is 2.36. The van der Waals surface area contributed by atoms with Crippen LogP contribution >= 0.6 is 0 Å². The first-order valence-electron chi connectivity index (χ1n) is 4.28. The molecule has 0 atom stereocenters. The van der Waals surface area contributed by atoms with Gasteiger partial charge in [-0.2, -0.15) is 18.4 Å². The van der Waals surface area contributed by atoms with Crippen LogP contribution in [0.3, 0.4) is 0 Å². The number of likely N-dealkylation sites (tertiary alicyclic amines) is 1. The minimum absolute atomic E-state index is 0.469. The average Bonchev–Trinajstić information content (AvgIpc) is 2.07. The van der Waals surface area contributed by atoms with E-state index >= 15 is 0 Å². The third-order valence-electron chi connectivity index (χ3n) is 2.39. The number of hydrogen-bond donors (Lipinski definition) is 2. The van der Waals surface area contributed by atoms with Crippen molar-refractivity contribution in [3.63, 3.8) is 0 Å². The minimum atomic E-state index is -3.80. The van der Waals surface area contributed by atoms with Crippen molar-refractivity contribution in [2.24, 2.45) is 5.14 Å². The fraction of sp³-hybridized carbons (Fsp3) is 0.857. The summed E-state index contributed by atoms with van der Waals surface area (Å²) in [5.41, 5.74) is -1.01. The zero-order valence-electron chi connectivity index (χ0n) is 8.02. The Morgan fingerprint density at radius 3 is 2.36 bits per heavy atom. The summed E-state index contributed by atoms with van der Waals surface area (Å²) in [4.78, 5) is 2.04. The molecule has 0 radical (unpaired) electrons. The van der Waals surface area contributed by atoms with Gasteiger partial charge < -0.3 is 4.90 Å². The third-order valence-corrected chi connectivity index (χ3v) is 3.07. The van der Waals surface area contributed by atoms with E-state index in [1.54, 1.807) is 0 Å². The predicted octanol–water partition coefficient (Wildman–Crippen LogP) is -1.23. The van der Waals surface area contributed by atoms with E-state index < -0.39 is 15.7 Å². The molecule has 7 heteroatoms. The highest BCUT2D eigenvalue weighted by atomic mass is 32.2. The van der Waals surface area contributed by atoms with Gasteiger partial charge in [-0.15, -0.1) is 0 Å². The molecule has 0 aromatic rings. The zero-order valence-corrected chi connectivity index (χ0v) is 8.84. The SMILES string of the molecule is CN1CCC(C#N)(NS(N)(=O)=O)CC1. The van der Waals surface area contributed by atoms with E-state index in [2.05, 4.69) is 4.72 Å². The second-order valence-corrected chi connectivity index (χ2v) is 4.94. The van der Waals surface area contributed by atoms with Crippen molar-refractivity contribution in [2.45, 2.75) is 18.4 Å². The van der Waals surface area contributed by atoms with Crippen LogP contribution in [-0.4, -0.2) is 39.0 Å². The fourth-order valence-electron chi connectivity index (χ4n) is 1.51. The van der Waals surface area contributed by atoms with Crippen LogP contribution in [0.2, 0.25) is 0 Å². The van der Waals surface area contributed by atoms with Gasteiger partial charge in [0.25, 0.3) is 10.2 Å². The van der Waals surface area contributed by atoms with Crippen LogP contribution in [0.25, 0.3) is 0 Å². The fourth-order valence-corrected chi connectivity index (χ4v) is 2.30. The molecule has 0 aliphatic carbocycles. The maximum Gasteiger partial charge on any atom is 0.275 e. The van der Waals surface area contributed by atoms with Crippen molar-refractivity contribution in [3.8, 4) is 6.07 Å². The molecule has 0 bridgehead atoms. The highest BCUT2D eigenvalue weighted by Crippen LogP contribution is 2.20. The van der Waals surface area contributed by atoms with Crippen LogP contribution in [0.1, 0.15) is 12.8 Å². The van der Waals surface area contributed by atoms with Crippen molar-refractivity contribution in [1.29, 1.82) is 5.26 Å². The molecule has 1 aliphatic heterocycles. The van der Waals surface area contributed by atoms with Gasteiger partial charge in [-0.1, -0.05) is 0 Å². The van der Waals surface area contributed by atoms with Crippen molar-refractivity contribution >= 4 is 10.2 Å². The lowest BCUT2D eigenvalue weighted by molar-refractivity contribution is 0.213. The summed E-state index contributed by atoms with van der Waals surface area (Å²) in [5, 5.41) is 13.8. The molecule has 1 saturated heterocycles. The smallest absolute Gasteiger partial charge is 0.275 e. The molecule has 1 aliphatic rings. The average molecular weight is 218 g/mol. The summed E-state index contributed by atoms with van der Waals surface area (Å²) in [6.45, 7) is 1.38. The molecule has 80 valence electrons. The van der Waals surface area contributed by atoms with Gasteiger partial charge in [0.1, 0.15) is 5.54 Å². The van der Waals surface area contributed by atoms with Crippen LogP contribution in [0.15, 0.2) is 0 Å². The number of hydrogen-bond acceptors (Lipinski definition) is 4. The van der Waals surface area contributed by atoms with Gasteiger partial charge in [-0.3, -0.25) is 0 Å². The van der Waals surface area contributed by atoms with Crippen LogP contribution in [0.4, 0.5) is 0 Å². The molecule has 0 spiro atoms. The number of piperidine rings is 1. The second kappa shape index (κ2) is 3.82. The summed E-state index contributed by atoms with van der Waals surface area (Å²) >= 11 is 0. The number of nitriles is 1. The molecule has 0 saturated carbocycles. The third kappa shape index (κ3) is 2.92. The molecular weight excluding hydrogens is 204 g/mol. The zero-order chi connectivity index (χ0) is 10.8. The maximum atomic E-state index is 10.8. The Morgan fingerprint density at radius 1 is 1.50 bits per heavy atom. The first kappa shape index (κ1) is 11.4. The largest absolute Gasteiger partial charge is 0.306 e. The van der Waals surface area contributed by atoms with Crippen molar-refractivity contribution in [2.75, 3.05) is 20.1 Å². The quantitative estimate of drug-likeness (QED) is 0.606. The van der Waals surface area contributed by atoms with E-state index in [0.717, 1.165) is 0 Å². The Kier molecular flexibility index (Phi) is 3.11. The molecular formula is C7H14N4O2S. The molecule has 0 unspecified atom stereocenters. The molecule has 6 nitrogen and oxygen atoms in total. The standard InChI is InChI=1S/C7H14N4O2S/c1-11-4-2-7(6-8,3-5-11)10-14(9,12)13/h10H,2-5H2,1H3,(H2,9,12,13). The molecule has 0 aromatic carbocycles. The maximum absolute atomic E-state index is 10.8. The van der Waals surface area contributed by atoms with Gasteiger partial charge in [0.15, 0.2) is 0 Å². The Labute approximate surface area is 83.9 Å². The molecule has 1 fully saturated rings. The number of nitrogens with one attached hydrogen (secondary N) is 1. The van der Waals surface area contributed by atoms with Gasteiger partial charge in [-0.25, -0.2) is 5.14 Å².